The Morgan fingerprint density at radius 2 is 1.93 bits per heavy atom. The number of anilines is 1. The first kappa shape index (κ1) is 17.8. The van der Waals surface area contributed by atoms with Crippen molar-refractivity contribution in [3.63, 3.8) is 0 Å². The Labute approximate surface area is 162 Å². The Kier molecular flexibility index (Phi) is 4.74. The normalized spacial score (nSPS) is 16.3. The van der Waals surface area contributed by atoms with Gasteiger partial charge in [0.25, 0.3) is 5.91 Å². The molecule has 0 radical (unpaired) electrons. The number of thioether (sulfide) groups is 1. The SMILES string of the molecule is CSc1ncc(C(=O)N2CCC(C)c3ccccc32)n1-c1ccc(F)cc1. The Balaban J connectivity index is 1.79. The first-order valence-electron chi connectivity index (χ1n) is 8.88. The van der Waals surface area contributed by atoms with E-state index in [1.807, 2.05) is 29.4 Å². The fraction of sp³-hybridized carbons (Fsp3) is 0.238. The third-order valence-corrected chi connectivity index (χ3v) is 5.66. The molecule has 0 aliphatic carbocycles. The van der Waals surface area contributed by atoms with E-state index < -0.39 is 0 Å². The molecule has 138 valence electrons. The van der Waals surface area contributed by atoms with E-state index in [4.69, 9.17) is 0 Å². The van der Waals surface area contributed by atoms with Gasteiger partial charge in [-0.05, 0) is 54.5 Å². The van der Waals surface area contributed by atoms with E-state index >= 15 is 0 Å². The van der Waals surface area contributed by atoms with Gasteiger partial charge in [-0.1, -0.05) is 36.9 Å². The summed E-state index contributed by atoms with van der Waals surface area (Å²) in [6, 6.07) is 14.2. The highest BCUT2D eigenvalue weighted by atomic mass is 32.2. The number of carbonyl (C=O) groups is 1. The predicted octanol–water partition coefficient (Wildman–Crippen LogP) is 4.89. The van der Waals surface area contributed by atoms with Crippen LogP contribution in [0.15, 0.2) is 59.9 Å². The monoisotopic (exact) mass is 381 g/mol. The molecule has 3 aromatic rings. The maximum Gasteiger partial charge on any atom is 0.276 e. The lowest BCUT2D eigenvalue weighted by atomic mass is 9.91. The van der Waals surface area contributed by atoms with Crippen molar-refractivity contribution in [3.8, 4) is 5.69 Å². The minimum Gasteiger partial charge on any atom is -0.307 e. The largest absolute Gasteiger partial charge is 0.307 e. The van der Waals surface area contributed by atoms with Gasteiger partial charge >= 0.3 is 0 Å². The molecule has 4 rings (SSSR count). The average Bonchev–Trinajstić information content (AvgIpc) is 3.13. The third kappa shape index (κ3) is 3.14. The topological polar surface area (TPSA) is 38.1 Å². The summed E-state index contributed by atoms with van der Waals surface area (Å²) in [5.74, 6) is 0.0249. The quantitative estimate of drug-likeness (QED) is 0.607. The van der Waals surface area contributed by atoms with Crippen LogP contribution in [0, 0.1) is 5.82 Å². The summed E-state index contributed by atoms with van der Waals surface area (Å²) in [4.78, 5) is 19.7. The van der Waals surface area contributed by atoms with E-state index in [1.54, 1.807) is 22.9 Å². The number of benzene rings is 2. The number of para-hydroxylation sites is 1. The summed E-state index contributed by atoms with van der Waals surface area (Å²) in [5, 5.41) is 0.698. The van der Waals surface area contributed by atoms with Crippen LogP contribution in [0.3, 0.4) is 0 Å². The minimum atomic E-state index is -0.309. The van der Waals surface area contributed by atoms with E-state index in [1.165, 1.54) is 29.5 Å². The number of fused-ring (bicyclic) bond motifs is 1. The number of carbonyl (C=O) groups excluding carboxylic acids is 1. The molecule has 27 heavy (non-hydrogen) atoms. The van der Waals surface area contributed by atoms with Crippen molar-refractivity contribution < 1.29 is 9.18 Å². The molecule has 1 aliphatic rings. The van der Waals surface area contributed by atoms with Crippen LogP contribution in [0.25, 0.3) is 5.69 Å². The number of rotatable bonds is 3. The van der Waals surface area contributed by atoms with E-state index in [2.05, 4.69) is 18.0 Å². The molecule has 1 amide bonds. The van der Waals surface area contributed by atoms with Crippen LogP contribution in [0.1, 0.15) is 35.3 Å². The summed E-state index contributed by atoms with van der Waals surface area (Å²) in [6.45, 7) is 2.86. The highest BCUT2D eigenvalue weighted by Crippen LogP contribution is 2.36. The molecule has 1 atom stereocenters. The predicted molar refractivity (Wildman–Crippen MR) is 106 cm³/mol. The molecule has 2 heterocycles. The maximum absolute atomic E-state index is 13.4. The molecule has 4 nitrogen and oxygen atoms in total. The third-order valence-electron chi connectivity index (χ3n) is 5.01. The van der Waals surface area contributed by atoms with Crippen molar-refractivity contribution in [2.45, 2.75) is 24.4 Å². The zero-order valence-corrected chi connectivity index (χ0v) is 16.0. The van der Waals surface area contributed by atoms with Gasteiger partial charge in [0.15, 0.2) is 5.16 Å². The van der Waals surface area contributed by atoms with Crippen LogP contribution in [-0.4, -0.2) is 28.3 Å². The second-order valence-electron chi connectivity index (χ2n) is 6.65. The summed E-state index contributed by atoms with van der Waals surface area (Å²) in [5.41, 5.74) is 3.35. The Bertz CT molecular complexity index is 983. The molecule has 0 bridgehead atoms. The van der Waals surface area contributed by atoms with Gasteiger partial charge in [-0.3, -0.25) is 9.36 Å². The highest BCUT2D eigenvalue weighted by Gasteiger charge is 2.29. The fourth-order valence-electron chi connectivity index (χ4n) is 3.57. The zero-order chi connectivity index (χ0) is 19.0. The Morgan fingerprint density at radius 1 is 1.19 bits per heavy atom. The van der Waals surface area contributed by atoms with E-state index in [-0.39, 0.29) is 11.7 Å². The lowest BCUT2D eigenvalue weighted by Crippen LogP contribution is -2.37. The molecule has 0 N–H and O–H groups in total. The number of imidazole rings is 1. The van der Waals surface area contributed by atoms with Crippen molar-refractivity contribution in [3.05, 3.63) is 71.8 Å². The maximum atomic E-state index is 13.4. The zero-order valence-electron chi connectivity index (χ0n) is 15.2. The van der Waals surface area contributed by atoms with Crippen molar-refractivity contribution in [2.24, 2.45) is 0 Å². The first-order chi connectivity index (χ1) is 13.1. The smallest absolute Gasteiger partial charge is 0.276 e. The van der Waals surface area contributed by atoms with Gasteiger partial charge in [0.05, 0.1) is 6.20 Å². The van der Waals surface area contributed by atoms with Crippen LogP contribution in [-0.2, 0) is 0 Å². The van der Waals surface area contributed by atoms with Gasteiger partial charge in [-0.25, -0.2) is 9.37 Å². The summed E-state index contributed by atoms with van der Waals surface area (Å²) in [7, 11) is 0. The molecule has 0 fully saturated rings. The van der Waals surface area contributed by atoms with Crippen LogP contribution >= 0.6 is 11.8 Å². The van der Waals surface area contributed by atoms with Crippen molar-refractivity contribution in [1.82, 2.24) is 9.55 Å². The second-order valence-corrected chi connectivity index (χ2v) is 7.42. The Hall–Kier alpha value is -2.60. The van der Waals surface area contributed by atoms with E-state index in [0.717, 1.165) is 17.8 Å². The summed E-state index contributed by atoms with van der Waals surface area (Å²) >= 11 is 1.45. The molecule has 0 saturated heterocycles. The van der Waals surface area contributed by atoms with E-state index in [9.17, 15) is 9.18 Å². The molecule has 0 spiro atoms. The van der Waals surface area contributed by atoms with Gasteiger partial charge in [0.2, 0.25) is 0 Å². The average molecular weight is 381 g/mol. The Morgan fingerprint density at radius 3 is 2.67 bits per heavy atom. The number of hydrogen-bond acceptors (Lipinski definition) is 3. The van der Waals surface area contributed by atoms with Crippen molar-refractivity contribution in [1.29, 1.82) is 0 Å². The number of halogens is 1. The van der Waals surface area contributed by atoms with Crippen LogP contribution < -0.4 is 4.90 Å². The standard InChI is InChI=1S/C21H20FN3OS/c1-14-11-12-24(18-6-4-3-5-17(14)18)20(26)19-13-23-21(27-2)25(19)16-9-7-15(22)8-10-16/h3-10,13-14H,11-12H2,1-2H3. The van der Waals surface area contributed by atoms with Crippen LogP contribution in [0.2, 0.25) is 0 Å². The lowest BCUT2D eigenvalue weighted by Gasteiger charge is -2.33. The summed E-state index contributed by atoms with van der Waals surface area (Å²) in [6.07, 6.45) is 4.44. The van der Waals surface area contributed by atoms with Crippen molar-refractivity contribution >= 4 is 23.4 Å². The van der Waals surface area contributed by atoms with Gasteiger partial charge in [-0.15, -0.1) is 0 Å². The molecule has 0 saturated carbocycles. The number of hydrogen-bond donors (Lipinski definition) is 0. The first-order valence-corrected chi connectivity index (χ1v) is 10.1. The molecule has 6 heteroatoms. The van der Waals surface area contributed by atoms with Gasteiger partial charge in [0, 0.05) is 17.9 Å². The molecule has 1 aromatic heterocycles. The minimum absolute atomic E-state index is 0.0912. The second kappa shape index (κ2) is 7.19. The van der Waals surface area contributed by atoms with Gasteiger partial charge < -0.3 is 4.90 Å². The van der Waals surface area contributed by atoms with Gasteiger partial charge in [0.1, 0.15) is 11.5 Å². The molecular weight excluding hydrogens is 361 g/mol. The molecule has 1 unspecified atom stereocenters. The number of amides is 1. The number of aromatic nitrogens is 2. The van der Waals surface area contributed by atoms with Gasteiger partial charge in [-0.2, -0.15) is 0 Å². The molecule has 1 aliphatic heterocycles. The van der Waals surface area contributed by atoms with E-state index in [0.29, 0.717) is 23.3 Å². The van der Waals surface area contributed by atoms with Crippen LogP contribution in [0.5, 0.6) is 0 Å². The highest BCUT2D eigenvalue weighted by molar-refractivity contribution is 7.98. The van der Waals surface area contributed by atoms with Crippen molar-refractivity contribution in [2.75, 3.05) is 17.7 Å². The fourth-order valence-corrected chi connectivity index (χ4v) is 4.11. The van der Waals surface area contributed by atoms with Crippen LogP contribution in [0.4, 0.5) is 10.1 Å². The molecule has 2 aromatic carbocycles. The lowest BCUT2D eigenvalue weighted by molar-refractivity contribution is 0.0977. The number of nitrogens with zero attached hydrogens (tertiary/aromatic N) is 3. The molecular formula is C21H20FN3OS. The summed E-state index contributed by atoms with van der Waals surface area (Å²) < 4.78 is 15.2.